The molecule has 2 aromatic carbocycles. The number of hydrogen-bond donors (Lipinski definition) is 1. The summed E-state index contributed by atoms with van der Waals surface area (Å²) in [6.07, 6.45) is 0.852. The Balaban J connectivity index is 1.94. The number of benzene rings is 2. The van der Waals surface area contributed by atoms with E-state index in [1.165, 1.54) is 5.56 Å². The minimum Gasteiger partial charge on any atom is -0.497 e. The first kappa shape index (κ1) is 14.6. The van der Waals surface area contributed by atoms with Gasteiger partial charge in [-0.25, -0.2) is 4.98 Å². The lowest BCUT2D eigenvalue weighted by Crippen LogP contribution is -2.18. The molecule has 22 heavy (non-hydrogen) atoms. The second-order valence-electron chi connectivity index (χ2n) is 5.51. The van der Waals surface area contributed by atoms with Gasteiger partial charge in [0.2, 0.25) is 0 Å². The Kier molecular flexibility index (Phi) is 4.11. The maximum absolute atomic E-state index is 6.03. The topological polar surface area (TPSA) is 53.1 Å². The molecule has 3 aromatic rings. The summed E-state index contributed by atoms with van der Waals surface area (Å²) < 4.78 is 7.44. The number of fused-ring (bicyclic) bond motifs is 1. The van der Waals surface area contributed by atoms with Gasteiger partial charge in [0.1, 0.15) is 11.6 Å². The molecular formula is C18H21N3O. The van der Waals surface area contributed by atoms with Crippen molar-refractivity contribution in [1.82, 2.24) is 9.55 Å². The lowest BCUT2D eigenvalue weighted by Gasteiger charge is -2.15. The first-order chi connectivity index (χ1) is 10.7. The monoisotopic (exact) mass is 295 g/mol. The Morgan fingerprint density at radius 3 is 2.73 bits per heavy atom. The van der Waals surface area contributed by atoms with E-state index in [0.29, 0.717) is 6.54 Å². The number of aromatic nitrogens is 2. The van der Waals surface area contributed by atoms with Crippen LogP contribution in [0.1, 0.15) is 17.3 Å². The van der Waals surface area contributed by atoms with Crippen LogP contribution in [0.5, 0.6) is 5.75 Å². The van der Waals surface area contributed by atoms with Gasteiger partial charge in [-0.1, -0.05) is 24.3 Å². The second kappa shape index (κ2) is 6.20. The number of methoxy groups -OCH3 is 1. The van der Waals surface area contributed by atoms with Gasteiger partial charge in [0.25, 0.3) is 0 Å². The van der Waals surface area contributed by atoms with Crippen LogP contribution in [0.15, 0.2) is 48.5 Å². The summed E-state index contributed by atoms with van der Waals surface area (Å²) in [5.41, 5.74) is 9.40. The molecular weight excluding hydrogens is 274 g/mol. The molecule has 4 nitrogen and oxygen atoms in total. The fourth-order valence-corrected chi connectivity index (χ4v) is 2.89. The normalized spacial score (nSPS) is 12.5. The highest BCUT2D eigenvalue weighted by Crippen LogP contribution is 2.24. The molecule has 114 valence electrons. The fourth-order valence-electron chi connectivity index (χ4n) is 2.89. The van der Waals surface area contributed by atoms with Crippen molar-refractivity contribution in [2.45, 2.75) is 12.3 Å². The largest absolute Gasteiger partial charge is 0.497 e. The maximum Gasteiger partial charge on any atom is 0.119 e. The number of aryl methyl sites for hydroxylation is 1. The Hall–Kier alpha value is -2.33. The van der Waals surface area contributed by atoms with Crippen LogP contribution in [0.25, 0.3) is 11.0 Å². The number of hydrogen-bond acceptors (Lipinski definition) is 3. The predicted octanol–water partition coefficient (Wildman–Crippen LogP) is 2.87. The van der Waals surface area contributed by atoms with Gasteiger partial charge in [-0.05, 0) is 36.2 Å². The standard InChI is InChI=1S/C18H21N3O/c1-21-17-9-4-3-8-16(17)20-18(21)14(12-19)10-13-6-5-7-15(11-13)22-2/h3-9,11,14H,10,12,19H2,1-2H3. The van der Waals surface area contributed by atoms with Crippen LogP contribution in [-0.2, 0) is 13.5 Å². The predicted molar refractivity (Wildman–Crippen MR) is 89.2 cm³/mol. The molecule has 3 rings (SSSR count). The van der Waals surface area contributed by atoms with Crippen molar-refractivity contribution in [1.29, 1.82) is 0 Å². The Morgan fingerprint density at radius 2 is 2.00 bits per heavy atom. The van der Waals surface area contributed by atoms with Gasteiger partial charge in [0.15, 0.2) is 0 Å². The highest BCUT2D eigenvalue weighted by molar-refractivity contribution is 5.75. The summed E-state index contributed by atoms with van der Waals surface area (Å²) in [5.74, 6) is 2.09. The lowest BCUT2D eigenvalue weighted by molar-refractivity contribution is 0.414. The molecule has 1 heterocycles. The van der Waals surface area contributed by atoms with E-state index in [-0.39, 0.29) is 5.92 Å². The van der Waals surface area contributed by atoms with E-state index in [0.717, 1.165) is 29.0 Å². The third-order valence-corrected chi connectivity index (χ3v) is 4.09. The Bertz CT molecular complexity index is 779. The number of ether oxygens (including phenoxy) is 1. The van der Waals surface area contributed by atoms with Gasteiger partial charge in [-0.15, -0.1) is 0 Å². The van der Waals surface area contributed by atoms with Crippen molar-refractivity contribution < 1.29 is 4.74 Å². The minimum absolute atomic E-state index is 0.185. The molecule has 0 aliphatic carbocycles. The summed E-state index contributed by atoms with van der Waals surface area (Å²) in [5, 5.41) is 0. The van der Waals surface area contributed by atoms with E-state index in [1.54, 1.807) is 7.11 Å². The number of imidazole rings is 1. The van der Waals surface area contributed by atoms with Crippen LogP contribution in [-0.4, -0.2) is 23.2 Å². The summed E-state index contributed by atoms with van der Waals surface area (Å²) >= 11 is 0. The first-order valence-corrected chi connectivity index (χ1v) is 7.47. The molecule has 1 atom stereocenters. The number of para-hydroxylation sites is 2. The maximum atomic E-state index is 6.03. The molecule has 4 heteroatoms. The molecule has 1 aromatic heterocycles. The van der Waals surface area contributed by atoms with Crippen LogP contribution < -0.4 is 10.5 Å². The summed E-state index contributed by atoms with van der Waals surface area (Å²) in [6.45, 7) is 0.564. The third kappa shape index (κ3) is 2.70. The molecule has 1 unspecified atom stereocenters. The molecule has 0 saturated heterocycles. The SMILES string of the molecule is COc1cccc(CC(CN)c2nc3ccccc3n2C)c1. The quantitative estimate of drug-likeness (QED) is 0.787. The minimum atomic E-state index is 0.185. The van der Waals surface area contributed by atoms with E-state index in [1.807, 2.05) is 30.3 Å². The zero-order chi connectivity index (χ0) is 15.5. The van der Waals surface area contributed by atoms with Crippen molar-refractivity contribution in [2.75, 3.05) is 13.7 Å². The zero-order valence-corrected chi connectivity index (χ0v) is 13.0. The highest BCUT2D eigenvalue weighted by atomic mass is 16.5. The third-order valence-electron chi connectivity index (χ3n) is 4.09. The molecule has 0 aliphatic rings. The fraction of sp³-hybridized carbons (Fsp3) is 0.278. The molecule has 0 spiro atoms. The molecule has 0 radical (unpaired) electrons. The van der Waals surface area contributed by atoms with Gasteiger partial charge in [-0.3, -0.25) is 0 Å². The Morgan fingerprint density at radius 1 is 1.18 bits per heavy atom. The number of nitrogens with zero attached hydrogens (tertiary/aromatic N) is 2. The van der Waals surface area contributed by atoms with Crippen LogP contribution in [0.3, 0.4) is 0 Å². The number of rotatable bonds is 5. The van der Waals surface area contributed by atoms with Gasteiger partial charge >= 0.3 is 0 Å². The number of nitrogens with two attached hydrogens (primary N) is 1. The van der Waals surface area contributed by atoms with Crippen LogP contribution in [0, 0.1) is 0 Å². The van der Waals surface area contributed by atoms with E-state index in [4.69, 9.17) is 15.5 Å². The van der Waals surface area contributed by atoms with Crippen LogP contribution in [0.2, 0.25) is 0 Å². The molecule has 0 aliphatic heterocycles. The van der Waals surface area contributed by atoms with Crippen LogP contribution in [0.4, 0.5) is 0 Å². The molecule has 0 fully saturated rings. The molecule has 2 N–H and O–H groups in total. The van der Waals surface area contributed by atoms with Crippen molar-refractivity contribution in [2.24, 2.45) is 12.8 Å². The van der Waals surface area contributed by atoms with E-state index in [2.05, 4.69) is 29.8 Å². The molecule has 0 saturated carbocycles. The average molecular weight is 295 g/mol. The molecule has 0 bridgehead atoms. The van der Waals surface area contributed by atoms with E-state index >= 15 is 0 Å². The molecule has 0 amide bonds. The highest BCUT2D eigenvalue weighted by Gasteiger charge is 2.18. The van der Waals surface area contributed by atoms with Crippen molar-refractivity contribution >= 4 is 11.0 Å². The second-order valence-corrected chi connectivity index (χ2v) is 5.51. The van der Waals surface area contributed by atoms with Crippen molar-refractivity contribution in [3.05, 3.63) is 59.9 Å². The van der Waals surface area contributed by atoms with Gasteiger partial charge < -0.3 is 15.0 Å². The van der Waals surface area contributed by atoms with Gasteiger partial charge in [-0.2, -0.15) is 0 Å². The zero-order valence-electron chi connectivity index (χ0n) is 13.0. The smallest absolute Gasteiger partial charge is 0.119 e. The van der Waals surface area contributed by atoms with Gasteiger partial charge in [0.05, 0.1) is 18.1 Å². The summed E-state index contributed by atoms with van der Waals surface area (Å²) in [4.78, 5) is 4.77. The van der Waals surface area contributed by atoms with Crippen LogP contribution >= 0.6 is 0 Å². The van der Waals surface area contributed by atoms with E-state index < -0.39 is 0 Å². The summed E-state index contributed by atoms with van der Waals surface area (Å²) in [6, 6.07) is 16.3. The summed E-state index contributed by atoms with van der Waals surface area (Å²) in [7, 11) is 3.74. The lowest BCUT2D eigenvalue weighted by atomic mass is 9.98. The van der Waals surface area contributed by atoms with E-state index in [9.17, 15) is 0 Å². The first-order valence-electron chi connectivity index (χ1n) is 7.47. The van der Waals surface area contributed by atoms with Crippen molar-refractivity contribution in [3.8, 4) is 5.75 Å². The van der Waals surface area contributed by atoms with Crippen molar-refractivity contribution in [3.63, 3.8) is 0 Å². The van der Waals surface area contributed by atoms with Gasteiger partial charge in [0, 0.05) is 19.5 Å². The Labute approximate surface area is 130 Å². The average Bonchev–Trinajstić information content (AvgIpc) is 2.90.